The maximum Gasteiger partial charge on any atom is 0.220 e. The van der Waals surface area contributed by atoms with Crippen molar-refractivity contribution in [2.75, 3.05) is 6.54 Å². The van der Waals surface area contributed by atoms with E-state index >= 15 is 0 Å². The molecule has 1 fully saturated rings. The lowest BCUT2D eigenvalue weighted by Gasteiger charge is -2.20. The summed E-state index contributed by atoms with van der Waals surface area (Å²) in [6.07, 6.45) is 1.70. The number of rotatable bonds is 1. The molecule has 1 unspecified atom stereocenters. The number of nitrogens with zero attached hydrogens (tertiary/aromatic N) is 1. The van der Waals surface area contributed by atoms with E-state index in [2.05, 4.69) is 6.92 Å². The normalized spacial score (nSPS) is 23.8. The molecule has 0 spiro atoms. The summed E-state index contributed by atoms with van der Waals surface area (Å²) in [5.41, 5.74) is 0. The maximum atomic E-state index is 10.9. The van der Waals surface area contributed by atoms with Gasteiger partial charge in [-0.2, -0.15) is 0 Å². The van der Waals surface area contributed by atoms with Crippen LogP contribution in [0.5, 0.6) is 0 Å². The van der Waals surface area contributed by atoms with Crippen molar-refractivity contribution >= 4 is 11.7 Å². The van der Waals surface area contributed by atoms with Gasteiger partial charge in [-0.05, 0) is 12.8 Å². The topological polar surface area (TPSA) is 37.4 Å². The summed E-state index contributed by atoms with van der Waals surface area (Å²) in [5.74, 6) is -0.165. The summed E-state index contributed by atoms with van der Waals surface area (Å²) in [4.78, 5) is 23.4. The quantitative estimate of drug-likeness (QED) is 0.548. The predicted octanol–water partition coefficient (Wildman–Crippen LogP) is 0.400. The largest absolute Gasteiger partial charge is 0.333 e. The Kier molecular flexibility index (Phi) is 2.27. The molecule has 0 N–H and O–H groups in total. The lowest BCUT2D eigenvalue weighted by atomic mass is 10.1. The summed E-state index contributed by atoms with van der Waals surface area (Å²) in [5, 5.41) is 0. The van der Waals surface area contributed by atoms with Crippen LogP contribution < -0.4 is 0 Å². The van der Waals surface area contributed by atoms with E-state index in [0.29, 0.717) is 6.54 Å². The molecule has 0 aromatic heterocycles. The molecule has 0 aliphatic carbocycles. The fourth-order valence-electron chi connectivity index (χ4n) is 1.48. The SMILES string of the molecule is [CH2]C(=O)C1CCCN1C(C)=O. The van der Waals surface area contributed by atoms with Crippen LogP contribution in [0.3, 0.4) is 0 Å². The first kappa shape index (κ1) is 8.24. The molecule has 0 aromatic carbocycles. The molecular formula is C8H12NO2. The van der Waals surface area contributed by atoms with E-state index < -0.39 is 0 Å². The number of amides is 1. The first-order valence-corrected chi connectivity index (χ1v) is 3.76. The molecule has 0 bridgehead atoms. The maximum absolute atomic E-state index is 10.9. The van der Waals surface area contributed by atoms with Gasteiger partial charge in [-0.3, -0.25) is 9.59 Å². The van der Waals surface area contributed by atoms with E-state index in [0.717, 1.165) is 12.8 Å². The smallest absolute Gasteiger partial charge is 0.220 e. The Morgan fingerprint density at radius 3 is 2.55 bits per heavy atom. The van der Waals surface area contributed by atoms with Crippen LogP contribution in [-0.4, -0.2) is 29.2 Å². The fourth-order valence-corrected chi connectivity index (χ4v) is 1.48. The first-order valence-electron chi connectivity index (χ1n) is 3.76. The van der Waals surface area contributed by atoms with Gasteiger partial charge in [0.15, 0.2) is 5.78 Å². The third kappa shape index (κ3) is 1.59. The minimum absolute atomic E-state index is 0.0236. The molecule has 3 heteroatoms. The summed E-state index contributed by atoms with van der Waals surface area (Å²) in [7, 11) is 0. The number of ketones is 1. The Hall–Kier alpha value is -0.860. The van der Waals surface area contributed by atoms with Crippen molar-refractivity contribution in [1.82, 2.24) is 4.90 Å². The molecule has 61 valence electrons. The Morgan fingerprint density at radius 1 is 1.55 bits per heavy atom. The Bertz CT molecular complexity index is 169. The van der Waals surface area contributed by atoms with Crippen LogP contribution >= 0.6 is 0 Å². The highest BCUT2D eigenvalue weighted by Gasteiger charge is 2.29. The highest BCUT2D eigenvalue weighted by atomic mass is 16.2. The average molecular weight is 154 g/mol. The summed E-state index contributed by atoms with van der Waals surface area (Å²) in [6, 6.07) is -0.243. The number of carbonyl (C=O) groups excluding carboxylic acids is 2. The Morgan fingerprint density at radius 2 is 2.18 bits per heavy atom. The van der Waals surface area contributed by atoms with Crippen LogP contribution in [0.15, 0.2) is 0 Å². The van der Waals surface area contributed by atoms with E-state index in [9.17, 15) is 9.59 Å². The van der Waals surface area contributed by atoms with Gasteiger partial charge in [0.05, 0.1) is 6.04 Å². The molecule has 1 saturated heterocycles. The van der Waals surface area contributed by atoms with Crippen molar-refractivity contribution in [3.63, 3.8) is 0 Å². The van der Waals surface area contributed by atoms with Gasteiger partial charge in [0.2, 0.25) is 5.91 Å². The zero-order valence-electron chi connectivity index (χ0n) is 6.67. The first-order chi connectivity index (χ1) is 5.13. The zero-order chi connectivity index (χ0) is 8.43. The second kappa shape index (κ2) is 3.03. The monoisotopic (exact) mass is 154 g/mol. The lowest BCUT2D eigenvalue weighted by Crippen LogP contribution is -2.38. The highest BCUT2D eigenvalue weighted by Crippen LogP contribution is 2.17. The fraction of sp³-hybridized carbons (Fsp3) is 0.625. The highest BCUT2D eigenvalue weighted by molar-refractivity contribution is 5.91. The minimum Gasteiger partial charge on any atom is -0.333 e. The number of carbonyl (C=O) groups is 2. The number of hydrogen-bond donors (Lipinski definition) is 0. The molecular weight excluding hydrogens is 142 g/mol. The van der Waals surface area contributed by atoms with E-state index in [1.807, 2.05) is 0 Å². The van der Waals surface area contributed by atoms with E-state index in [1.165, 1.54) is 6.92 Å². The predicted molar refractivity (Wildman–Crippen MR) is 40.8 cm³/mol. The van der Waals surface area contributed by atoms with Gasteiger partial charge in [0, 0.05) is 20.4 Å². The van der Waals surface area contributed by atoms with Crippen molar-refractivity contribution in [1.29, 1.82) is 0 Å². The van der Waals surface area contributed by atoms with Crippen LogP contribution in [0.25, 0.3) is 0 Å². The summed E-state index contributed by atoms with van der Waals surface area (Å²) in [6.45, 7) is 5.52. The number of hydrogen-bond acceptors (Lipinski definition) is 2. The number of likely N-dealkylation sites (tertiary alicyclic amines) is 1. The van der Waals surface area contributed by atoms with Gasteiger partial charge in [-0.15, -0.1) is 0 Å². The van der Waals surface area contributed by atoms with Crippen LogP contribution in [0.4, 0.5) is 0 Å². The average Bonchev–Trinajstić information content (AvgIpc) is 2.32. The number of Topliss-reactive ketones (excluding diaryl/α,β-unsaturated/α-hetero) is 1. The molecule has 1 aliphatic heterocycles. The summed E-state index contributed by atoms with van der Waals surface area (Å²) >= 11 is 0. The van der Waals surface area contributed by atoms with Crippen LogP contribution in [0.1, 0.15) is 19.8 Å². The van der Waals surface area contributed by atoms with Gasteiger partial charge < -0.3 is 4.90 Å². The molecule has 1 heterocycles. The molecule has 1 rings (SSSR count). The van der Waals surface area contributed by atoms with Crippen molar-refractivity contribution in [3.05, 3.63) is 6.92 Å². The molecule has 1 amide bonds. The van der Waals surface area contributed by atoms with Gasteiger partial charge in [-0.1, -0.05) is 0 Å². The second-order valence-corrected chi connectivity index (χ2v) is 2.84. The molecule has 1 atom stereocenters. The van der Waals surface area contributed by atoms with Crippen molar-refractivity contribution in [2.45, 2.75) is 25.8 Å². The van der Waals surface area contributed by atoms with Crippen LogP contribution in [-0.2, 0) is 9.59 Å². The standard InChI is InChI=1S/C8H12NO2/c1-6(10)8-4-3-5-9(8)7(2)11/h8H,1,3-5H2,2H3. The molecule has 3 nitrogen and oxygen atoms in total. The Balaban J connectivity index is 2.65. The van der Waals surface area contributed by atoms with Gasteiger partial charge in [0.25, 0.3) is 0 Å². The third-order valence-electron chi connectivity index (χ3n) is 2.03. The Labute approximate surface area is 66.4 Å². The zero-order valence-corrected chi connectivity index (χ0v) is 6.67. The molecule has 0 saturated carbocycles. The molecule has 11 heavy (non-hydrogen) atoms. The van der Waals surface area contributed by atoms with E-state index in [4.69, 9.17) is 0 Å². The van der Waals surface area contributed by atoms with Crippen molar-refractivity contribution in [3.8, 4) is 0 Å². The lowest BCUT2D eigenvalue weighted by molar-refractivity contribution is -0.134. The van der Waals surface area contributed by atoms with Gasteiger partial charge in [-0.25, -0.2) is 0 Å². The second-order valence-electron chi connectivity index (χ2n) is 2.84. The van der Waals surface area contributed by atoms with Gasteiger partial charge >= 0.3 is 0 Å². The van der Waals surface area contributed by atoms with E-state index in [-0.39, 0.29) is 17.7 Å². The van der Waals surface area contributed by atoms with Crippen molar-refractivity contribution < 1.29 is 9.59 Å². The minimum atomic E-state index is -0.243. The molecule has 0 aromatic rings. The van der Waals surface area contributed by atoms with Crippen LogP contribution in [0.2, 0.25) is 0 Å². The van der Waals surface area contributed by atoms with E-state index in [1.54, 1.807) is 4.90 Å². The van der Waals surface area contributed by atoms with Crippen LogP contribution in [0, 0.1) is 6.92 Å². The van der Waals surface area contributed by atoms with Gasteiger partial charge in [0.1, 0.15) is 0 Å². The third-order valence-corrected chi connectivity index (χ3v) is 2.03. The molecule has 1 aliphatic rings. The summed E-state index contributed by atoms with van der Waals surface area (Å²) < 4.78 is 0. The van der Waals surface area contributed by atoms with Crippen molar-refractivity contribution in [2.24, 2.45) is 0 Å². The molecule has 1 radical (unpaired) electrons.